The number of hydrogen-bond acceptors (Lipinski definition) is 2. The lowest BCUT2D eigenvalue weighted by atomic mass is 10.0. The number of piperazine rings is 1. The number of hydrogen-bond donors (Lipinski definition) is 0. The molecule has 1 heterocycles. The molecular formula is C33H50N2O. The van der Waals surface area contributed by atoms with Crippen LogP contribution in [0, 0.1) is 0 Å². The van der Waals surface area contributed by atoms with Crippen molar-refractivity contribution in [2.75, 3.05) is 26.2 Å². The molecule has 0 aliphatic carbocycles. The highest BCUT2D eigenvalue weighted by Gasteiger charge is 2.20. The summed E-state index contributed by atoms with van der Waals surface area (Å²) in [4.78, 5) is 17.1. The monoisotopic (exact) mass is 490 g/mol. The quantitative estimate of drug-likeness (QED) is 0.245. The van der Waals surface area contributed by atoms with Crippen LogP contribution < -0.4 is 0 Å². The molecule has 1 aromatic rings. The van der Waals surface area contributed by atoms with Crippen LogP contribution in [0.3, 0.4) is 0 Å². The molecule has 36 heavy (non-hydrogen) atoms. The van der Waals surface area contributed by atoms with Crippen LogP contribution in [0.5, 0.6) is 0 Å². The number of benzene rings is 1. The molecule has 3 heteroatoms. The van der Waals surface area contributed by atoms with Crippen molar-refractivity contribution in [1.29, 1.82) is 0 Å². The zero-order valence-electron chi connectivity index (χ0n) is 23.7. The lowest BCUT2D eigenvalue weighted by Crippen LogP contribution is -2.48. The van der Waals surface area contributed by atoms with Gasteiger partial charge in [0.15, 0.2) is 0 Å². The van der Waals surface area contributed by atoms with Gasteiger partial charge in [-0.05, 0) is 85.1 Å². The molecule has 3 nitrogen and oxygen atoms in total. The molecule has 1 amide bonds. The number of allylic oxidation sites excluding steroid dienone is 8. The molecule has 0 atom stereocenters. The number of carbonyl (C=O) groups excluding carboxylic acids is 1. The van der Waals surface area contributed by atoms with E-state index in [1.165, 1.54) is 34.3 Å². The molecule has 1 aliphatic heterocycles. The minimum absolute atomic E-state index is 0.304. The Balaban J connectivity index is 1.58. The average molecular weight is 491 g/mol. The Morgan fingerprint density at radius 2 is 1.14 bits per heavy atom. The molecule has 1 aromatic carbocycles. The van der Waals surface area contributed by atoms with Crippen molar-refractivity contribution >= 4 is 5.91 Å². The summed E-state index contributed by atoms with van der Waals surface area (Å²) >= 11 is 0. The van der Waals surface area contributed by atoms with Gasteiger partial charge < -0.3 is 4.90 Å². The fraction of sp³-hybridized carbons (Fsp3) is 0.545. The largest absolute Gasteiger partial charge is 0.340 e. The first-order valence-electron chi connectivity index (χ1n) is 14.0. The minimum atomic E-state index is 0.304. The van der Waals surface area contributed by atoms with Gasteiger partial charge in [0, 0.05) is 39.1 Å². The van der Waals surface area contributed by atoms with E-state index in [-0.39, 0.29) is 0 Å². The molecular weight excluding hydrogens is 440 g/mol. The maximum atomic E-state index is 12.6. The summed E-state index contributed by atoms with van der Waals surface area (Å²) in [5.74, 6) is 0.304. The fourth-order valence-corrected chi connectivity index (χ4v) is 4.58. The second-order valence-electron chi connectivity index (χ2n) is 10.7. The van der Waals surface area contributed by atoms with Gasteiger partial charge in [0.05, 0.1) is 0 Å². The van der Waals surface area contributed by atoms with Crippen molar-refractivity contribution < 1.29 is 4.79 Å². The zero-order chi connectivity index (χ0) is 26.2. The molecule has 1 aliphatic rings. The summed E-state index contributed by atoms with van der Waals surface area (Å²) < 4.78 is 0. The van der Waals surface area contributed by atoms with Crippen molar-refractivity contribution in [2.24, 2.45) is 0 Å². The van der Waals surface area contributed by atoms with Crippen LogP contribution in [0.1, 0.15) is 91.5 Å². The second-order valence-corrected chi connectivity index (χ2v) is 10.7. The van der Waals surface area contributed by atoms with Crippen LogP contribution in [0.2, 0.25) is 0 Å². The van der Waals surface area contributed by atoms with Crippen LogP contribution in [0.4, 0.5) is 0 Å². The molecule has 0 N–H and O–H groups in total. The molecule has 1 saturated heterocycles. The Morgan fingerprint density at radius 1 is 0.667 bits per heavy atom. The van der Waals surface area contributed by atoms with Gasteiger partial charge in [-0.15, -0.1) is 0 Å². The standard InChI is InChI=1S/C33H50N2O/c1-28(2)13-9-14-29(3)15-10-16-30(4)17-11-18-31(5)19-12-22-33(36)35-25-23-34(24-26-35)27-32-20-7-6-8-21-32/h6-8,13,15,17,19-21H,9-12,14,16,18,22-27H2,1-5H3. The molecule has 198 valence electrons. The van der Waals surface area contributed by atoms with Crippen LogP contribution in [0.15, 0.2) is 76.9 Å². The highest BCUT2D eigenvalue weighted by atomic mass is 16.2. The molecule has 0 bridgehead atoms. The third-order valence-corrected chi connectivity index (χ3v) is 6.98. The lowest BCUT2D eigenvalue weighted by molar-refractivity contribution is -0.132. The summed E-state index contributed by atoms with van der Waals surface area (Å²) in [5.41, 5.74) is 7.14. The highest BCUT2D eigenvalue weighted by molar-refractivity contribution is 5.76. The van der Waals surface area contributed by atoms with Gasteiger partial charge in [0.25, 0.3) is 0 Å². The molecule has 1 fully saturated rings. The highest BCUT2D eigenvalue weighted by Crippen LogP contribution is 2.15. The van der Waals surface area contributed by atoms with Crippen molar-refractivity contribution in [2.45, 2.75) is 92.5 Å². The lowest BCUT2D eigenvalue weighted by Gasteiger charge is -2.34. The van der Waals surface area contributed by atoms with Gasteiger partial charge in [0.2, 0.25) is 5.91 Å². The summed E-state index contributed by atoms with van der Waals surface area (Å²) in [7, 11) is 0. The molecule has 2 rings (SSSR count). The van der Waals surface area contributed by atoms with Gasteiger partial charge >= 0.3 is 0 Å². The van der Waals surface area contributed by atoms with E-state index in [4.69, 9.17) is 0 Å². The van der Waals surface area contributed by atoms with E-state index in [2.05, 4.69) is 99.1 Å². The van der Waals surface area contributed by atoms with E-state index >= 15 is 0 Å². The number of amides is 1. The molecule has 0 saturated carbocycles. The number of nitrogens with zero attached hydrogens (tertiary/aromatic N) is 2. The number of carbonyl (C=O) groups is 1. The first-order valence-corrected chi connectivity index (χ1v) is 14.0. The average Bonchev–Trinajstić information content (AvgIpc) is 2.85. The fourth-order valence-electron chi connectivity index (χ4n) is 4.58. The summed E-state index contributed by atoms with van der Waals surface area (Å²) in [6, 6.07) is 10.6. The van der Waals surface area contributed by atoms with Crippen LogP contribution >= 0.6 is 0 Å². The van der Waals surface area contributed by atoms with Crippen LogP contribution in [0.25, 0.3) is 0 Å². The Bertz CT molecular complexity index is 895. The smallest absolute Gasteiger partial charge is 0.222 e. The molecule has 0 aromatic heterocycles. The summed E-state index contributed by atoms with van der Waals surface area (Å²) in [6.45, 7) is 15.6. The van der Waals surface area contributed by atoms with Crippen molar-refractivity contribution in [1.82, 2.24) is 9.80 Å². The van der Waals surface area contributed by atoms with E-state index in [1.54, 1.807) is 0 Å². The Kier molecular flexibility index (Phi) is 14.2. The third-order valence-electron chi connectivity index (χ3n) is 6.98. The molecule has 0 radical (unpaired) electrons. The Morgan fingerprint density at radius 3 is 1.64 bits per heavy atom. The number of rotatable bonds is 14. The normalized spacial score (nSPS) is 15.8. The van der Waals surface area contributed by atoms with E-state index in [0.717, 1.165) is 71.2 Å². The van der Waals surface area contributed by atoms with Gasteiger partial charge in [-0.3, -0.25) is 9.69 Å². The Labute approximate surface area is 221 Å². The van der Waals surface area contributed by atoms with E-state index in [1.807, 2.05) is 0 Å². The zero-order valence-corrected chi connectivity index (χ0v) is 23.7. The van der Waals surface area contributed by atoms with Gasteiger partial charge in [-0.2, -0.15) is 0 Å². The van der Waals surface area contributed by atoms with Crippen molar-refractivity contribution in [3.63, 3.8) is 0 Å². The SMILES string of the molecule is CC(C)=CCCC(C)=CCCC(C)=CCCC(C)=CCCC(=O)N1CCN(Cc2ccccc2)CC1. The maximum Gasteiger partial charge on any atom is 0.222 e. The van der Waals surface area contributed by atoms with Gasteiger partial charge in [0.1, 0.15) is 0 Å². The second kappa shape index (κ2) is 17.1. The first kappa shape index (κ1) is 29.8. The van der Waals surface area contributed by atoms with E-state index in [0.29, 0.717) is 12.3 Å². The third kappa shape index (κ3) is 13.1. The first-order chi connectivity index (χ1) is 17.3. The van der Waals surface area contributed by atoms with Crippen molar-refractivity contribution in [3.8, 4) is 0 Å². The van der Waals surface area contributed by atoms with Crippen LogP contribution in [-0.2, 0) is 11.3 Å². The van der Waals surface area contributed by atoms with E-state index in [9.17, 15) is 4.79 Å². The summed E-state index contributed by atoms with van der Waals surface area (Å²) in [6.07, 6.45) is 17.7. The van der Waals surface area contributed by atoms with Crippen LogP contribution in [-0.4, -0.2) is 41.9 Å². The predicted molar refractivity (Wildman–Crippen MR) is 156 cm³/mol. The summed E-state index contributed by atoms with van der Waals surface area (Å²) in [5, 5.41) is 0. The van der Waals surface area contributed by atoms with Crippen molar-refractivity contribution in [3.05, 3.63) is 82.5 Å². The minimum Gasteiger partial charge on any atom is -0.340 e. The topological polar surface area (TPSA) is 23.6 Å². The van der Waals surface area contributed by atoms with E-state index < -0.39 is 0 Å². The van der Waals surface area contributed by atoms with Gasteiger partial charge in [-0.1, -0.05) is 76.9 Å². The Hall–Kier alpha value is -2.39. The predicted octanol–water partition coefficient (Wildman–Crippen LogP) is 8.26. The van der Waals surface area contributed by atoms with Gasteiger partial charge in [-0.25, -0.2) is 0 Å². The molecule has 0 spiro atoms. The molecule has 0 unspecified atom stereocenters. The maximum absolute atomic E-state index is 12.6.